The molecule has 344 valence electrons. The Morgan fingerprint density at radius 1 is 0.431 bits per heavy atom. The van der Waals surface area contributed by atoms with Crippen molar-refractivity contribution in [3.8, 4) is 0 Å². The van der Waals surface area contributed by atoms with Gasteiger partial charge in [0.05, 0.1) is 0 Å². The highest BCUT2D eigenvalue weighted by Gasteiger charge is 2.63. The van der Waals surface area contributed by atoms with Gasteiger partial charge in [0.2, 0.25) is 0 Å². The highest BCUT2D eigenvalue weighted by molar-refractivity contribution is 7.79. The van der Waals surface area contributed by atoms with Crippen LogP contribution in [0, 0.1) is 0 Å². The van der Waals surface area contributed by atoms with Crippen LogP contribution in [0.1, 0.15) is 124 Å². The molecule has 0 saturated carbocycles. The average molecular weight is 889 g/mol. The minimum atomic E-state index is -6.00. The fourth-order valence-electron chi connectivity index (χ4n) is 9.82. The van der Waals surface area contributed by atoms with Gasteiger partial charge in [0.1, 0.15) is 22.2 Å². The predicted molar refractivity (Wildman–Crippen MR) is 254 cm³/mol. The van der Waals surface area contributed by atoms with E-state index in [2.05, 4.69) is 149 Å². The molecule has 2 rings (SSSR count). The maximum absolute atomic E-state index is 9.75. The minimum absolute atomic E-state index is 0.207. The van der Waals surface area contributed by atoms with Crippen LogP contribution in [0.3, 0.4) is 0 Å². The van der Waals surface area contributed by atoms with E-state index in [1.165, 1.54) is 23.2 Å². The molecular formula is C40H88BF4N10P3. The van der Waals surface area contributed by atoms with Crippen LogP contribution in [0.25, 0.3) is 0 Å². The van der Waals surface area contributed by atoms with Crippen molar-refractivity contribution in [2.45, 2.75) is 135 Å². The molecule has 2 aliphatic heterocycles. The maximum atomic E-state index is 9.75. The molecule has 18 heteroatoms. The summed E-state index contributed by atoms with van der Waals surface area (Å²) in [4.78, 5) is 11.1. The Balaban J connectivity index is 0.00000315. The smallest absolute Gasteiger partial charge is 0.418 e. The summed E-state index contributed by atoms with van der Waals surface area (Å²) in [5.41, 5.74) is 2.51. The molecule has 0 aromatic carbocycles. The highest BCUT2D eigenvalue weighted by Crippen LogP contribution is 2.73. The van der Waals surface area contributed by atoms with Gasteiger partial charge >= 0.3 is 15.1 Å². The fourth-order valence-corrected chi connectivity index (χ4v) is 20.2. The molecule has 0 bridgehead atoms. The summed E-state index contributed by atoms with van der Waals surface area (Å²) < 4.78 is 63.3. The number of hydrogen-bond acceptors (Lipinski definition) is 10. The van der Waals surface area contributed by atoms with Gasteiger partial charge in [-0.05, 0) is 131 Å². The van der Waals surface area contributed by atoms with Crippen molar-refractivity contribution in [3.63, 3.8) is 0 Å². The molecule has 0 radical (unpaired) electrons. The lowest BCUT2D eigenvalue weighted by Crippen LogP contribution is -2.64. The molecule has 10 nitrogen and oxygen atoms in total. The van der Waals surface area contributed by atoms with Crippen molar-refractivity contribution < 1.29 is 17.3 Å². The van der Waals surface area contributed by atoms with Gasteiger partial charge in [-0.2, -0.15) is 0 Å². The molecule has 2 aliphatic rings. The quantitative estimate of drug-likeness (QED) is 0.0369. The molecular weight excluding hydrogens is 800 g/mol. The molecule has 2 saturated heterocycles. The lowest BCUT2D eigenvalue weighted by Gasteiger charge is -2.50. The van der Waals surface area contributed by atoms with E-state index < -0.39 is 31.3 Å². The number of hydrogen-bond donors (Lipinski definition) is 0. The van der Waals surface area contributed by atoms with Gasteiger partial charge in [-0.15, -0.1) is 9.34 Å². The molecule has 0 aliphatic carbocycles. The van der Waals surface area contributed by atoms with Gasteiger partial charge in [-0.1, -0.05) is 92.6 Å². The SMILES string of the molecule is CCN(CC)P1CCC(N(CC)CC)(N(CC)CC)C1=N[P+](N=C1P(N(CC)CC)CCC1(N(CC)CC)N(CC)CC)(N(CC)CC)N(CC)CC.F[B-](F)(F)F. The van der Waals surface area contributed by atoms with Crippen LogP contribution >= 0.6 is 24.0 Å². The van der Waals surface area contributed by atoms with Crippen LogP contribution < -0.4 is 0 Å². The number of rotatable bonds is 26. The lowest BCUT2D eigenvalue weighted by atomic mass is 10.0. The van der Waals surface area contributed by atoms with Crippen LogP contribution in [0.2, 0.25) is 0 Å². The molecule has 0 aromatic rings. The second-order valence-electron chi connectivity index (χ2n) is 14.5. The molecule has 2 unspecified atom stereocenters. The summed E-state index contributed by atoms with van der Waals surface area (Å²) in [5.74, 6) is 0. The van der Waals surface area contributed by atoms with Crippen molar-refractivity contribution in [1.29, 1.82) is 0 Å². The topological polar surface area (TPSA) is 50.6 Å². The molecule has 0 amide bonds. The third-order valence-corrected chi connectivity index (χ3v) is 22.1. The zero-order chi connectivity index (χ0) is 44.5. The van der Waals surface area contributed by atoms with Crippen molar-refractivity contribution in [2.75, 3.05) is 117 Å². The third kappa shape index (κ3) is 12.2. The fraction of sp³-hybridized carbons (Fsp3) is 0.950. The Morgan fingerprint density at radius 3 is 0.828 bits per heavy atom. The summed E-state index contributed by atoms with van der Waals surface area (Å²) in [5, 5.41) is 0. The van der Waals surface area contributed by atoms with Crippen LogP contribution in [-0.4, -0.2) is 185 Å². The standard InChI is InChI=1S/C40H88N10P3.BF4/c1-17-43(18-2)39(44(19-3)20-4)33-35-51(47(25-9)26-10)37(39)41-53(49(29-13)30-14,50(31-15)32-16)42-38-40(45(21-5)22-6,46(23-7)24-8)34-36-52(38)48(27-11)28-12;2-1(3,4)5/h17-36H2,1-16H3;/q+1;-1. The predicted octanol–water partition coefficient (Wildman–Crippen LogP) is 10.5. The average Bonchev–Trinajstić information content (AvgIpc) is 3.74. The van der Waals surface area contributed by atoms with Gasteiger partial charge in [0.15, 0.2) is 0 Å². The van der Waals surface area contributed by atoms with E-state index in [0.29, 0.717) is 0 Å². The molecule has 0 spiro atoms. The Labute approximate surface area is 358 Å². The first kappa shape index (κ1) is 56.1. The zero-order valence-electron chi connectivity index (χ0n) is 40.0. The molecule has 2 heterocycles. The number of halogens is 4. The molecule has 0 aromatic heterocycles. The van der Waals surface area contributed by atoms with Crippen molar-refractivity contribution in [3.05, 3.63) is 0 Å². The van der Waals surface area contributed by atoms with Crippen molar-refractivity contribution in [1.82, 2.24) is 38.3 Å². The van der Waals surface area contributed by atoms with E-state index in [0.717, 1.165) is 118 Å². The maximum Gasteiger partial charge on any atom is 0.673 e. The van der Waals surface area contributed by atoms with E-state index >= 15 is 0 Å². The lowest BCUT2D eigenvalue weighted by molar-refractivity contribution is 0.00880. The summed E-state index contributed by atoms with van der Waals surface area (Å²) in [6.45, 7) is 54.1. The van der Waals surface area contributed by atoms with Crippen molar-refractivity contribution in [2.24, 2.45) is 9.53 Å². The second kappa shape index (κ2) is 26.7. The summed E-state index contributed by atoms with van der Waals surface area (Å²) in [7, 11) is -9.92. The Bertz CT molecular complexity index is 1080. The van der Waals surface area contributed by atoms with Crippen molar-refractivity contribution >= 4 is 42.2 Å². The first-order valence-electron chi connectivity index (χ1n) is 23.1. The van der Waals surface area contributed by atoms with Gasteiger partial charge in [0.25, 0.3) is 0 Å². The molecule has 58 heavy (non-hydrogen) atoms. The first-order valence-corrected chi connectivity index (χ1v) is 27.6. The van der Waals surface area contributed by atoms with E-state index in [-0.39, 0.29) is 11.3 Å². The largest absolute Gasteiger partial charge is 0.673 e. The summed E-state index contributed by atoms with van der Waals surface area (Å²) in [6.07, 6.45) is 4.68. The highest BCUT2D eigenvalue weighted by atomic mass is 31.2. The van der Waals surface area contributed by atoms with Crippen LogP contribution in [0.15, 0.2) is 9.53 Å². The second-order valence-corrected chi connectivity index (χ2v) is 21.6. The molecule has 2 fully saturated rings. The van der Waals surface area contributed by atoms with Gasteiger partial charge < -0.3 is 17.3 Å². The third-order valence-electron chi connectivity index (χ3n) is 12.5. The Hall–Kier alpha value is 0.0949. The van der Waals surface area contributed by atoms with E-state index in [4.69, 9.17) is 9.53 Å². The number of nitrogens with zero attached hydrogens (tertiary/aromatic N) is 10. The summed E-state index contributed by atoms with van der Waals surface area (Å²) >= 11 is 0. The van der Waals surface area contributed by atoms with Crippen LogP contribution in [-0.2, 0) is 0 Å². The molecule has 0 N–H and O–H groups in total. The zero-order valence-corrected chi connectivity index (χ0v) is 42.7. The Kier molecular flexibility index (Phi) is 25.8. The minimum Gasteiger partial charge on any atom is -0.418 e. The first-order chi connectivity index (χ1) is 27.5. The van der Waals surface area contributed by atoms with Gasteiger partial charge in [0, 0.05) is 42.3 Å². The Morgan fingerprint density at radius 2 is 0.655 bits per heavy atom. The summed E-state index contributed by atoms with van der Waals surface area (Å²) in [6, 6.07) is 0. The van der Waals surface area contributed by atoms with Crippen LogP contribution in [0.5, 0.6) is 0 Å². The van der Waals surface area contributed by atoms with E-state index in [9.17, 15) is 17.3 Å². The van der Waals surface area contributed by atoms with Crippen LogP contribution in [0.4, 0.5) is 17.3 Å². The van der Waals surface area contributed by atoms with Gasteiger partial charge in [-0.3, -0.25) is 28.9 Å². The molecule has 2 atom stereocenters. The van der Waals surface area contributed by atoms with E-state index in [1.54, 1.807) is 0 Å². The van der Waals surface area contributed by atoms with Gasteiger partial charge in [-0.25, -0.2) is 0 Å². The normalized spacial score (nSPS) is 21.4. The monoisotopic (exact) mass is 889 g/mol. The van der Waals surface area contributed by atoms with E-state index in [1.807, 2.05) is 0 Å².